The van der Waals surface area contributed by atoms with Crippen LogP contribution in [0.1, 0.15) is 0 Å². The second kappa shape index (κ2) is 6.10. The Morgan fingerprint density at radius 1 is 1.47 bits per heavy atom. The van der Waals surface area contributed by atoms with Gasteiger partial charge in [-0.3, -0.25) is 15.8 Å². The van der Waals surface area contributed by atoms with Gasteiger partial charge in [-0.1, -0.05) is 12.2 Å². The molecule has 0 aliphatic carbocycles. The Morgan fingerprint density at radius 3 is 2.93 bits per heavy atom. The predicted molar refractivity (Wildman–Crippen MR) is 62.7 cm³/mol. The van der Waals surface area contributed by atoms with Gasteiger partial charge in [0, 0.05) is 24.4 Å². The Hall–Kier alpha value is -1.46. The maximum Gasteiger partial charge on any atom is 0.141 e. The van der Waals surface area contributed by atoms with E-state index in [1.807, 2.05) is 6.08 Å². The highest BCUT2D eigenvalue weighted by Crippen LogP contribution is 1.97. The Labute approximate surface area is 94.2 Å². The predicted octanol–water partition coefficient (Wildman–Crippen LogP) is 0.667. The van der Waals surface area contributed by atoms with E-state index in [1.165, 1.54) is 4.64 Å². The van der Waals surface area contributed by atoms with Crippen molar-refractivity contribution in [2.45, 2.75) is 0 Å². The average Bonchev–Trinajstić information content (AvgIpc) is 2.23. The Bertz CT molecular complexity index is 297. The molecule has 82 valence electrons. The van der Waals surface area contributed by atoms with Crippen LogP contribution in [0.4, 0.5) is 0 Å². The van der Waals surface area contributed by atoms with Gasteiger partial charge >= 0.3 is 0 Å². The summed E-state index contributed by atoms with van der Waals surface area (Å²) in [5, 5.41) is 3.07. The quantitative estimate of drug-likeness (QED) is 0.477. The Balaban J connectivity index is 2.64. The molecule has 1 heterocycles. The van der Waals surface area contributed by atoms with Crippen molar-refractivity contribution < 1.29 is 0 Å². The van der Waals surface area contributed by atoms with Crippen molar-refractivity contribution in [1.82, 2.24) is 20.8 Å². The minimum atomic E-state index is 0.540. The lowest BCUT2D eigenvalue weighted by Gasteiger charge is -2.25. The first-order valence-electron chi connectivity index (χ1n) is 4.47. The largest absolute Gasteiger partial charge is 0.367 e. The van der Waals surface area contributed by atoms with Crippen LogP contribution < -0.4 is 16.2 Å². The van der Waals surface area contributed by atoms with E-state index in [9.17, 15) is 0 Å². The normalized spacial score (nSPS) is 18.7. The van der Waals surface area contributed by atoms with E-state index in [0.717, 1.165) is 5.82 Å². The van der Waals surface area contributed by atoms with Crippen molar-refractivity contribution in [3.8, 4) is 0 Å². The molecule has 1 aliphatic heterocycles. The molecule has 3 N–H and O–H groups in total. The van der Waals surface area contributed by atoms with Crippen LogP contribution in [-0.4, -0.2) is 23.6 Å². The summed E-state index contributed by atoms with van der Waals surface area (Å²) < 4.78 is 1.20. The van der Waals surface area contributed by atoms with Crippen molar-refractivity contribution >= 4 is 17.6 Å². The summed E-state index contributed by atoms with van der Waals surface area (Å²) in [7, 11) is 0. The maximum atomic E-state index is 5.76. The summed E-state index contributed by atoms with van der Waals surface area (Å²) in [4.78, 5) is 4.19. The maximum absolute atomic E-state index is 5.76. The van der Waals surface area contributed by atoms with Crippen molar-refractivity contribution in [2.24, 2.45) is 4.99 Å². The van der Waals surface area contributed by atoms with Crippen LogP contribution in [0.15, 0.2) is 42.2 Å². The highest BCUT2D eigenvalue weighted by molar-refractivity contribution is 6.14. The van der Waals surface area contributed by atoms with Crippen LogP contribution in [0.25, 0.3) is 0 Å². The van der Waals surface area contributed by atoms with Gasteiger partial charge in [-0.05, 0) is 4.64 Å². The van der Waals surface area contributed by atoms with Gasteiger partial charge in [-0.15, -0.1) is 13.2 Å². The zero-order valence-electron chi connectivity index (χ0n) is 8.33. The lowest BCUT2D eigenvalue weighted by molar-refractivity contribution is 0.316. The highest BCUT2D eigenvalue weighted by atomic mass is 35.5. The molecular formula is C9H14ClN5. The van der Waals surface area contributed by atoms with Gasteiger partial charge in [0.2, 0.25) is 0 Å². The molecule has 0 aromatic rings. The summed E-state index contributed by atoms with van der Waals surface area (Å²) in [5.74, 6) is 1.42. The number of hydrogen-bond donors (Lipinski definition) is 3. The number of halogens is 1. The zero-order valence-corrected chi connectivity index (χ0v) is 9.09. The summed E-state index contributed by atoms with van der Waals surface area (Å²) >= 11 is 5.76. The van der Waals surface area contributed by atoms with Crippen LogP contribution in [0.3, 0.4) is 0 Å². The topological polar surface area (TPSA) is 51.7 Å². The first kappa shape index (κ1) is 11.6. The minimum Gasteiger partial charge on any atom is -0.367 e. The standard InChI is InChI=1S/C9H14ClN5/c1-3-5-11-8-7-9(12-6-4-2)14-15(10)13-8/h3-4,7,11,13H,1-2,5-6H2,(H,12,14). The van der Waals surface area contributed by atoms with Crippen molar-refractivity contribution in [3.63, 3.8) is 0 Å². The molecule has 0 amide bonds. The number of nitrogens with zero attached hydrogens (tertiary/aromatic N) is 2. The highest BCUT2D eigenvalue weighted by Gasteiger charge is 2.11. The van der Waals surface area contributed by atoms with Gasteiger partial charge in [0.1, 0.15) is 11.7 Å². The summed E-state index contributed by atoms with van der Waals surface area (Å²) in [6.07, 6.45) is 5.27. The first-order valence-corrected chi connectivity index (χ1v) is 4.81. The molecule has 0 atom stereocenters. The lowest BCUT2D eigenvalue weighted by atomic mass is 10.4. The van der Waals surface area contributed by atoms with Gasteiger partial charge in [-0.2, -0.15) is 0 Å². The molecule has 0 bridgehead atoms. The fourth-order valence-electron chi connectivity index (χ4n) is 0.952. The molecule has 0 saturated carbocycles. The van der Waals surface area contributed by atoms with Crippen LogP contribution in [0, 0.1) is 0 Å². The number of rotatable bonds is 5. The van der Waals surface area contributed by atoms with Crippen molar-refractivity contribution in [1.29, 1.82) is 0 Å². The van der Waals surface area contributed by atoms with Crippen LogP contribution in [0.2, 0.25) is 0 Å². The van der Waals surface area contributed by atoms with E-state index < -0.39 is 0 Å². The smallest absolute Gasteiger partial charge is 0.141 e. The third kappa shape index (κ3) is 4.05. The zero-order chi connectivity index (χ0) is 11.1. The number of aliphatic imine (C=N–C) groups is 1. The monoisotopic (exact) mass is 227 g/mol. The summed E-state index contributed by atoms with van der Waals surface area (Å²) in [5.41, 5.74) is 5.65. The van der Waals surface area contributed by atoms with Crippen LogP contribution in [0.5, 0.6) is 0 Å². The van der Waals surface area contributed by atoms with Crippen molar-refractivity contribution in [2.75, 3.05) is 13.1 Å². The van der Waals surface area contributed by atoms with Gasteiger partial charge < -0.3 is 5.32 Å². The van der Waals surface area contributed by atoms with Gasteiger partial charge in [-0.25, -0.2) is 0 Å². The van der Waals surface area contributed by atoms with E-state index in [4.69, 9.17) is 11.8 Å². The Kier molecular flexibility index (Phi) is 4.73. The fraction of sp³-hybridized carbons (Fsp3) is 0.222. The number of amidine groups is 1. The second-order valence-electron chi connectivity index (χ2n) is 2.75. The third-order valence-corrected chi connectivity index (χ3v) is 1.71. The molecule has 0 radical (unpaired) electrons. The first-order chi connectivity index (χ1) is 7.26. The summed E-state index contributed by atoms with van der Waals surface area (Å²) in [6, 6.07) is 0. The molecular weight excluding hydrogens is 214 g/mol. The van der Waals surface area contributed by atoms with Crippen LogP contribution >= 0.6 is 11.8 Å². The lowest BCUT2D eigenvalue weighted by Crippen LogP contribution is -2.50. The van der Waals surface area contributed by atoms with E-state index in [-0.39, 0.29) is 0 Å². The number of hydrogen-bond acceptors (Lipinski definition) is 4. The third-order valence-electron chi connectivity index (χ3n) is 1.54. The molecule has 1 aliphatic rings. The molecule has 6 heteroatoms. The molecule has 0 unspecified atom stereocenters. The molecule has 1 rings (SSSR count). The molecule has 0 saturated heterocycles. The average molecular weight is 228 g/mol. The van der Waals surface area contributed by atoms with E-state index in [2.05, 4.69) is 34.3 Å². The van der Waals surface area contributed by atoms with Crippen molar-refractivity contribution in [3.05, 3.63) is 37.2 Å². The fourth-order valence-corrected chi connectivity index (χ4v) is 1.13. The van der Waals surface area contributed by atoms with Gasteiger partial charge in [0.05, 0.1) is 6.54 Å². The van der Waals surface area contributed by atoms with E-state index in [0.29, 0.717) is 18.9 Å². The SMILES string of the molecule is C=CCN=C1C=C(NCC=C)NN(Cl)N1. The molecule has 5 nitrogen and oxygen atoms in total. The molecule has 0 aromatic carbocycles. The van der Waals surface area contributed by atoms with Gasteiger partial charge in [0.15, 0.2) is 0 Å². The van der Waals surface area contributed by atoms with Crippen LogP contribution in [-0.2, 0) is 0 Å². The second-order valence-corrected chi connectivity index (χ2v) is 3.08. The molecule has 0 aromatic heterocycles. The van der Waals surface area contributed by atoms with E-state index >= 15 is 0 Å². The molecule has 0 spiro atoms. The number of hydrazine groups is 2. The number of nitrogens with one attached hydrogen (secondary N) is 3. The molecule has 0 fully saturated rings. The minimum absolute atomic E-state index is 0.540. The summed E-state index contributed by atoms with van der Waals surface area (Å²) in [6.45, 7) is 8.39. The van der Waals surface area contributed by atoms with Gasteiger partial charge in [0.25, 0.3) is 0 Å². The molecule has 15 heavy (non-hydrogen) atoms. The Morgan fingerprint density at radius 2 is 2.27 bits per heavy atom. The van der Waals surface area contributed by atoms with E-state index in [1.54, 1.807) is 12.2 Å².